The van der Waals surface area contributed by atoms with E-state index in [4.69, 9.17) is 18.0 Å². The van der Waals surface area contributed by atoms with Crippen molar-refractivity contribution < 1.29 is 0 Å². The van der Waals surface area contributed by atoms with Crippen LogP contribution in [0, 0.1) is 6.92 Å². The topological polar surface area (TPSA) is 29.3 Å². The van der Waals surface area contributed by atoms with Crippen molar-refractivity contribution in [2.24, 2.45) is 5.73 Å². The highest BCUT2D eigenvalue weighted by molar-refractivity contribution is 7.80. The van der Waals surface area contributed by atoms with Crippen molar-refractivity contribution in [2.45, 2.75) is 59.8 Å². The average molecular weight is 292 g/mol. The number of benzene rings is 1. The Bertz CT molecular complexity index is 449. The molecule has 0 saturated carbocycles. The third-order valence-electron chi connectivity index (χ3n) is 3.54. The van der Waals surface area contributed by atoms with Gasteiger partial charge >= 0.3 is 0 Å². The zero-order valence-corrected chi connectivity index (χ0v) is 14.5. The largest absolute Gasteiger partial charge is 0.376 e. The van der Waals surface area contributed by atoms with E-state index in [1.165, 1.54) is 22.4 Å². The molecule has 2 nitrogen and oxygen atoms in total. The van der Waals surface area contributed by atoms with Gasteiger partial charge in [-0.05, 0) is 48.5 Å². The second kappa shape index (κ2) is 7.07. The molecule has 3 heteroatoms. The van der Waals surface area contributed by atoms with Crippen LogP contribution in [0.25, 0.3) is 0 Å². The molecule has 0 bridgehead atoms. The summed E-state index contributed by atoms with van der Waals surface area (Å²) in [4.78, 5) is 2.11. The minimum absolute atomic E-state index is 0.455. The van der Waals surface area contributed by atoms with E-state index in [0.29, 0.717) is 16.9 Å². The van der Waals surface area contributed by atoms with Crippen LogP contribution in [0.15, 0.2) is 12.1 Å². The number of aryl methyl sites for hydroxylation is 1. The Kier molecular flexibility index (Phi) is 6.00. The van der Waals surface area contributed by atoms with E-state index in [-0.39, 0.29) is 0 Å². The summed E-state index contributed by atoms with van der Waals surface area (Å²) in [5.41, 5.74) is 11.2. The number of hydrogen-bond donors (Lipinski definition) is 1. The van der Waals surface area contributed by atoms with Crippen molar-refractivity contribution >= 4 is 23.0 Å². The lowest BCUT2D eigenvalue weighted by Gasteiger charge is -2.30. The highest BCUT2D eigenvalue weighted by Crippen LogP contribution is 2.36. The van der Waals surface area contributed by atoms with Gasteiger partial charge in [-0.1, -0.05) is 52.3 Å². The fraction of sp³-hybridized carbons (Fsp3) is 0.588. The standard InChI is InChI=1S/C17H28N2S/c1-7-8-19(17(18)20)16-14(11(2)3)9-13(6)10-15(16)12(4)5/h9-12H,7-8H2,1-6H3,(H2,18,20). The van der Waals surface area contributed by atoms with Gasteiger partial charge in [0.1, 0.15) is 0 Å². The minimum Gasteiger partial charge on any atom is -0.376 e. The first-order valence-corrected chi connectivity index (χ1v) is 7.91. The fourth-order valence-electron chi connectivity index (χ4n) is 2.58. The SMILES string of the molecule is CCCN(C(N)=S)c1c(C(C)C)cc(C)cc1C(C)C. The molecule has 0 atom stereocenters. The van der Waals surface area contributed by atoms with Crippen LogP contribution in [-0.4, -0.2) is 11.7 Å². The van der Waals surface area contributed by atoms with Crippen molar-refractivity contribution in [3.05, 3.63) is 28.8 Å². The Labute approximate surface area is 129 Å². The smallest absolute Gasteiger partial charge is 0.170 e. The molecule has 0 unspecified atom stereocenters. The quantitative estimate of drug-likeness (QED) is 0.797. The maximum Gasteiger partial charge on any atom is 0.170 e. The summed E-state index contributed by atoms with van der Waals surface area (Å²) < 4.78 is 0. The number of anilines is 1. The highest BCUT2D eigenvalue weighted by Gasteiger charge is 2.21. The van der Waals surface area contributed by atoms with Gasteiger partial charge in [0.25, 0.3) is 0 Å². The third kappa shape index (κ3) is 3.72. The number of nitrogens with two attached hydrogens (primary N) is 1. The van der Waals surface area contributed by atoms with Crippen LogP contribution >= 0.6 is 12.2 Å². The van der Waals surface area contributed by atoms with Gasteiger partial charge in [-0.3, -0.25) is 0 Å². The van der Waals surface area contributed by atoms with E-state index in [1.807, 2.05) is 0 Å². The second-order valence-electron chi connectivity index (χ2n) is 6.09. The number of thiocarbonyl (C=S) groups is 1. The first kappa shape index (κ1) is 17.0. The van der Waals surface area contributed by atoms with E-state index in [1.54, 1.807) is 0 Å². The van der Waals surface area contributed by atoms with E-state index < -0.39 is 0 Å². The number of rotatable bonds is 5. The lowest BCUT2D eigenvalue weighted by molar-refractivity contribution is 0.807. The Morgan fingerprint density at radius 2 is 1.60 bits per heavy atom. The van der Waals surface area contributed by atoms with Crippen LogP contribution in [0.3, 0.4) is 0 Å². The van der Waals surface area contributed by atoms with Gasteiger partial charge in [-0.2, -0.15) is 0 Å². The molecule has 0 saturated heterocycles. The summed E-state index contributed by atoms with van der Waals surface area (Å²) in [5, 5.41) is 0.472. The first-order chi connectivity index (χ1) is 9.29. The molecule has 0 aliphatic rings. The van der Waals surface area contributed by atoms with Gasteiger partial charge in [0, 0.05) is 12.2 Å². The van der Waals surface area contributed by atoms with Crippen LogP contribution in [0.5, 0.6) is 0 Å². The average Bonchev–Trinajstić information content (AvgIpc) is 2.34. The van der Waals surface area contributed by atoms with Gasteiger partial charge in [-0.25, -0.2) is 0 Å². The minimum atomic E-state index is 0.455. The van der Waals surface area contributed by atoms with Crippen molar-refractivity contribution in [2.75, 3.05) is 11.4 Å². The third-order valence-corrected chi connectivity index (χ3v) is 3.76. The predicted octanol–water partition coefficient (Wildman–Crippen LogP) is 4.70. The molecule has 0 radical (unpaired) electrons. The summed E-state index contributed by atoms with van der Waals surface area (Å²) in [6.07, 6.45) is 1.03. The molecule has 20 heavy (non-hydrogen) atoms. The van der Waals surface area contributed by atoms with Crippen LogP contribution in [-0.2, 0) is 0 Å². The predicted molar refractivity (Wildman–Crippen MR) is 93.8 cm³/mol. The second-order valence-corrected chi connectivity index (χ2v) is 6.51. The Morgan fingerprint density at radius 1 is 1.15 bits per heavy atom. The van der Waals surface area contributed by atoms with E-state index in [2.05, 4.69) is 58.6 Å². The molecule has 0 spiro atoms. The molecule has 0 aromatic heterocycles. The van der Waals surface area contributed by atoms with Crippen molar-refractivity contribution in [1.82, 2.24) is 0 Å². The zero-order chi connectivity index (χ0) is 15.4. The summed E-state index contributed by atoms with van der Waals surface area (Å²) >= 11 is 5.29. The summed E-state index contributed by atoms with van der Waals surface area (Å²) in [7, 11) is 0. The van der Waals surface area contributed by atoms with Gasteiger partial charge in [0.15, 0.2) is 5.11 Å². The summed E-state index contributed by atoms with van der Waals surface area (Å²) in [6.45, 7) is 14.1. The van der Waals surface area contributed by atoms with E-state index in [9.17, 15) is 0 Å². The van der Waals surface area contributed by atoms with Crippen molar-refractivity contribution in [3.8, 4) is 0 Å². The molecule has 0 heterocycles. The van der Waals surface area contributed by atoms with Gasteiger partial charge < -0.3 is 10.6 Å². The molecule has 0 fully saturated rings. The molecule has 1 aromatic rings. The molecule has 1 aromatic carbocycles. The Balaban J connectivity index is 3.57. The fourth-order valence-corrected chi connectivity index (χ4v) is 2.77. The van der Waals surface area contributed by atoms with E-state index in [0.717, 1.165) is 13.0 Å². The normalized spacial score (nSPS) is 11.2. The van der Waals surface area contributed by atoms with Gasteiger partial charge in [0.05, 0.1) is 0 Å². The monoisotopic (exact) mass is 292 g/mol. The number of nitrogens with zero attached hydrogens (tertiary/aromatic N) is 1. The first-order valence-electron chi connectivity index (χ1n) is 7.50. The molecular weight excluding hydrogens is 264 g/mol. The molecular formula is C17H28N2S. The molecule has 0 aliphatic carbocycles. The van der Waals surface area contributed by atoms with Gasteiger partial charge in [-0.15, -0.1) is 0 Å². The van der Waals surface area contributed by atoms with Crippen LogP contribution in [0.1, 0.15) is 69.6 Å². The molecule has 2 N–H and O–H groups in total. The van der Waals surface area contributed by atoms with Crippen LogP contribution < -0.4 is 10.6 Å². The maximum atomic E-state index is 5.99. The van der Waals surface area contributed by atoms with Crippen LogP contribution in [0.4, 0.5) is 5.69 Å². The number of hydrogen-bond acceptors (Lipinski definition) is 1. The Hall–Kier alpha value is -1.09. The Morgan fingerprint density at radius 3 is 1.90 bits per heavy atom. The summed E-state index contributed by atoms with van der Waals surface area (Å²) in [5.74, 6) is 0.909. The summed E-state index contributed by atoms with van der Waals surface area (Å²) in [6, 6.07) is 4.54. The van der Waals surface area contributed by atoms with E-state index >= 15 is 0 Å². The van der Waals surface area contributed by atoms with Crippen LogP contribution in [0.2, 0.25) is 0 Å². The van der Waals surface area contributed by atoms with Crippen molar-refractivity contribution in [3.63, 3.8) is 0 Å². The highest BCUT2D eigenvalue weighted by atomic mass is 32.1. The maximum absolute atomic E-state index is 5.99. The van der Waals surface area contributed by atoms with Gasteiger partial charge in [0.2, 0.25) is 0 Å². The molecule has 112 valence electrons. The molecule has 1 rings (SSSR count). The zero-order valence-electron chi connectivity index (χ0n) is 13.7. The van der Waals surface area contributed by atoms with Crippen molar-refractivity contribution in [1.29, 1.82) is 0 Å². The molecule has 0 aliphatic heterocycles. The lowest BCUT2D eigenvalue weighted by atomic mass is 9.90. The lowest BCUT2D eigenvalue weighted by Crippen LogP contribution is -2.37. The molecule has 0 amide bonds.